The summed E-state index contributed by atoms with van der Waals surface area (Å²) in [6.07, 6.45) is 6.74. The number of hydrogen-bond donors (Lipinski definition) is 0. The van der Waals surface area contributed by atoms with E-state index in [9.17, 15) is 4.79 Å². The van der Waals surface area contributed by atoms with Gasteiger partial charge in [0.15, 0.2) is 0 Å². The fourth-order valence-corrected chi connectivity index (χ4v) is 2.11. The van der Waals surface area contributed by atoms with E-state index in [-0.39, 0.29) is 0 Å². The van der Waals surface area contributed by atoms with Gasteiger partial charge < -0.3 is 4.79 Å². The normalized spacial score (nSPS) is 10.8. The molecule has 0 unspecified atom stereocenters. The predicted octanol–water partition coefficient (Wildman–Crippen LogP) is 2.74. The molecule has 5 nitrogen and oxygen atoms in total. The van der Waals surface area contributed by atoms with Crippen molar-refractivity contribution in [1.29, 1.82) is 0 Å². The first kappa shape index (κ1) is 12.7. The molecule has 3 rings (SSSR count). The van der Waals surface area contributed by atoms with Crippen molar-refractivity contribution in [3.8, 4) is 11.1 Å². The van der Waals surface area contributed by atoms with Gasteiger partial charge in [-0.25, -0.2) is 4.98 Å². The van der Waals surface area contributed by atoms with Crippen molar-refractivity contribution in [2.45, 2.75) is 13.0 Å². The van der Waals surface area contributed by atoms with Crippen molar-refractivity contribution in [1.82, 2.24) is 19.7 Å². The van der Waals surface area contributed by atoms with Crippen molar-refractivity contribution >= 4 is 28.9 Å². The molecule has 0 aliphatic heterocycles. The SMILES string of the molecule is O=CCCn1cc(-c2cnc3ccc(Cl)nc3c2)cn1. The summed E-state index contributed by atoms with van der Waals surface area (Å²) in [6.45, 7) is 0.578. The summed E-state index contributed by atoms with van der Waals surface area (Å²) in [5.74, 6) is 0. The Hall–Kier alpha value is -2.27. The number of halogens is 1. The molecule has 3 aromatic rings. The largest absolute Gasteiger partial charge is 0.303 e. The van der Waals surface area contributed by atoms with Crippen LogP contribution < -0.4 is 0 Å². The Morgan fingerprint density at radius 2 is 2.10 bits per heavy atom. The lowest BCUT2D eigenvalue weighted by Crippen LogP contribution is -1.97. The highest BCUT2D eigenvalue weighted by Crippen LogP contribution is 2.22. The molecule has 0 amide bonds. The topological polar surface area (TPSA) is 60.7 Å². The molecule has 0 aliphatic carbocycles. The van der Waals surface area contributed by atoms with Gasteiger partial charge in [0.1, 0.15) is 11.4 Å². The second-order valence-electron chi connectivity index (χ2n) is 4.34. The van der Waals surface area contributed by atoms with Crippen LogP contribution in [0, 0.1) is 0 Å². The minimum Gasteiger partial charge on any atom is -0.303 e. The van der Waals surface area contributed by atoms with Crippen LogP contribution in [0.5, 0.6) is 0 Å². The average molecular weight is 287 g/mol. The van der Waals surface area contributed by atoms with E-state index in [2.05, 4.69) is 15.1 Å². The van der Waals surface area contributed by atoms with Gasteiger partial charge in [-0.15, -0.1) is 0 Å². The molecule has 3 heterocycles. The van der Waals surface area contributed by atoms with E-state index < -0.39 is 0 Å². The molecular weight excluding hydrogens is 276 g/mol. The molecule has 6 heteroatoms. The maximum absolute atomic E-state index is 10.4. The third kappa shape index (κ3) is 2.53. The fourth-order valence-electron chi connectivity index (χ4n) is 1.96. The maximum atomic E-state index is 10.4. The lowest BCUT2D eigenvalue weighted by Gasteiger charge is -2.00. The van der Waals surface area contributed by atoms with E-state index in [4.69, 9.17) is 11.6 Å². The number of pyridine rings is 2. The number of hydrogen-bond acceptors (Lipinski definition) is 4. The minimum atomic E-state index is 0.443. The number of nitrogens with zero attached hydrogens (tertiary/aromatic N) is 4. The number of aldehydes is 1. The number of carbonyl (C=O) groups is 1. The van der Waals surface area contributed by atoms with Gasteiger partial charge in [-0.1, -0.05) is 11.6 Å². The van der Waals surface area contributed by atoms with E-state index in [0.29, 0.717) is 18.1 Å². The molecule has 100 valence electrons. The summed E-state index contributed by atoms with van der Waals surface area (Å²) >= 11 is 5.89. The Kier molecular flexibility index (Phi) is 3.43. The van der Waals surface area contributed by atoms with Crippen LogP contribution >= 0.6 is 11.6 Å². The number of fused-ring (bicyclic) bond motifs is 1. The lowest BCUT2D eigenvalue weighted by molar-refractivity contribution is -0.108. The Morgan fingerprint density at radius 3 is 2.95 bits per heavy atom. The molecular formula is C14H11ClN4O. The Morgan fingerprint density at radius 1 is 1.20 bits per heavy atom. The summed E-state index contributed by atoms with van der Waals surface area (Å²) in [7, 11) is 0. The van der Waals surface area contributed by atoms with Crippen molar-refractivity contribution < 1.29 is 4.79 Å². The van der Waals surface area contributed by atoms with Crippen LogP contribution in [0.3, 0.4) is 0 Å². The third-order valence-corrected chi connectivity index (χ3v) is 3.16. The minimum absolute atomic E-state index is 0.443. The molecule has 20 heavy (non-hydrogen) atoms. The molecule has 0 spiro atoms. The summed E-state index contributed by atoms with van der Waals surface area (Å²) in [5.41, 5.74) is 3.40. The Bertz CT molecular complexity index is 769. The molecule has 0 saturated heterocycles. The van der Waals surface area contributed by atoms with Gasteiger partial charge in [-0.2, -0.15) is 5.10 Å². The van der Waals surface area contributed by atoms with Crippen molar-refractivity contribution in [3.05, 3.63) is 41.9 Å². The van der Waals surface area contributed by atoms with Crippen molar-refractivity contribution in [2.75, 3.05) is 0 Å². The van der Waals surface area contributed by atoms with Crippen LogP contribution in [0.25, 0.3) is 22.2 Å². The van der Waals surface area contributed by atoms with E-state index in [1.54, 1.807) is 23.1 Å². The van der Waals surface area contributed by atoms with Crippen LogP contribution in [0.15, 0.2) is 36.8 Å². The summed E-state index contributed by atoms with van der Waals surface area (Å²) < 4.78 is 1.74. The molecule has 0 fully saturated rings. The highest BCUT2D eigenvalue weighted by atomic mass is 35.5. The standard InChI is InChI=1S/C14H11ClN4O/c15-14-3-2-12-13(18-14)6-10(7-16-12)11-8-17-19(9-11)4-1-5-20/h2-3,5-9H,1,4H2. The van der Waals surface area contributed by atoms with Gasteiger partial charge in [0, 0.05) is 36.5 Å². The lowest BCUT2D eigenvalue weighted by atomic mass is 10.1. The molecule has 0 bridgehead atoms. The first-order valence-corrected chi connectivity index (χ1v) is 6.53. The zero-order chi connectivity index (χ0) is 13.9. The fraction of sp³-hybridized carbons (Fsp3) is 0.143. The summed E-state index contributed by atoms with van der Waals surface area (Å²) in [4.78, 5) is 19.0. The van der Waals surface area contributed by atoms with Crippen LogP contribution in [0.1, 0.15) is 6.42 Å². The third-order valence-electron chi connectivity index (χ3n) is 2.95. The van der Waals surface area contributed by atoms with Gasteiger partial charge in [0.2, 0.25) is 0 Å². The quantitative estimate of drug-likeness (QED) is 0.546. The van der Waals surface area contributed by atoms with Crippen LogP contribution in [0.2, 0.25) is 5.15 Å². The number of carbonyl (C=O) groups excluding carboxylic acids is 1. The Balaban J connectivity index is 1.96. The van der Waals surface area contributed by atoms with Gasteiger partial charge in [0.05, 0.1) is 17.2 Å². The molecule has 0 atom stereocenters. The molecule has 3 aromatic heterocycles. The van der Waals surface area contributed by atoms with Gasteiger partial charge >= 0.3 is 0 Å². The molecule has 0 radical (unpaired) electrons. The zero-order valence-corrected chi connectivity index (χ0v) is 11.3. The van der Waals surface area contributed by atoms with E-state index in [1.165, 1.54) is 0 Å². The smallest absolute Gasteiger partial charge is 0.129 e. The van der Waals surface area contributed by atoms with Gasteiger partial charge in [0.25, 0.3) is 0 Å². The van der Waals surface area contributed by atoms with Gasteiger partial charge in [-0.05, 0) is 18.2 Å². The highest BCUT2D eigenvalue weighted by Gasteiger charge is 2.05. The number of aryl methyl sites for hydroxylation is 1. The van der Waals surface area contributed by atoms with Crippen molar-refractivity contribution in [3.63, 3.8) is 0 Å². The summed E-state index contributed by atoms with van der Waals surface area (Å²) in [6, 6.07) is 5.48. The molecule has 0 saturated carbocycles. The number of aromatic nitrogens is 4. The van der Waals surface area contributed by atoms with Gasteiger partial charge in [-0.3, -0.25) is 9.67 Å². The van der Waals surface area contributed by atoms with Crippen LogP contribution in [-0.2, 0) is 11.3 Å². The first-order valence-electron chi connectivity index (χ1n) is 6.15. The molecule has 0 aliphatic rings. The summed E-state index contributed by atoms with van der Waals surface area (Å²) in [5, 5.41) is 4.65. The average Bonchev–Trinajstić information content (AvgIpc) is 2.93. The van der Waals surface area contributed by atoms with Crippen molar-refractivity contribution in [2.24, 2.45) is 0 Å². The molecule has 0 N–H and O–H groups in total. The molecule has 0 aromatic carbocycles. The van der Waals surface area contributed by atoms with Crippen LogP contribution in [0.4, 0.5) is 0 Å². The van der Waals surface area contributed by atoms with Crippen LogP contribution in [-0.4, -0.2) is 26.0 Å². The predicted molar refractivity (Wildman–Crippen MR) is 76.5 cm³/mol. The van der Waals surface area contributed by atoms with E-state index in [1.807, 2.05) is 18.3 Å². The second-order valence-corrected chi connectivity index (χ2v) is 4.73. The van der Waals surface area contributed by atoms with E-state index >= 15 is 0 Å². The maximum Gasteiger partial charge on any atom is 0.129 e. The number of rotatable bonds is 4. The van der Waals surface area contributed by atoms with E-state index in [0.717, 1.165) is 28.4 Å². The Labute approximate surface area is 120 Å². The second kappa shape index (κ2) is 5.38. The first-order chi connectivity index (χ1) is 9.76. The monoisotopic (exact) mass is 286 g/mol. The highest BCUT2D eigenvalue weighted by molar-refractivity contribution is 6.29. The zero-order valence-electron chi connectivity index (χ0n) is 10.5.